The van der Waals surface area contributed by atoms with Crippen LogP contribution in [-0.2, 0) is 0 Å². The van der Waals surface area contributed by atoms with E-state index < -0.39 is 0 Å². The molecular weight excluding hydrogens is 188 g/mol. The second kappa shape index (κ2) is 4.84. The van der Waals surface area contributed by atoms with Crippen molar-refractivity contribution in [3.05, 3.63) is 48.0 Å². The number of H-pyrrole nitrogens is 2. The highest BCUT2D eigenvalue weighted by Crippen LogP contribution is 2.26. The van der Waals surface area contributed by atoms with Gasteiger partial charge < -0.3 is 15.1 Å². The van der Waals surface area contributed by atoms with E-state index in [0.717, 1.165) is 12.8 Å². The lowest BCUT2D eigenvalue weighted by Crippen LogP contribution is -2.03. The zero-order chi connectivity index (χ0) is 10.5. The molecule has 0 unspecified atom stereocenters. The predicted octanol–water partition coefficient (Wildman–Crippen LogP) is 2.25. The number of hydrogen-bond donors (Lipinski definition) is 3. The summed E-state index contributed by atoms with van der Waals surface area (Å²) in [6.07, 6.45) is 5.65. The number of hydrogen-bond acceptors (Lipinski definition) is 1. The van der Waals surface area contributed by atoms with Gasteiger partial charge in [0.2, 0.25) is 0 Å². The molecule has 3 heteroatoms. The van der Waals surface area contributed by atoms with E-state index in [-0.39, 0.29) is 6.61 Å². The highest BCUT2D eigenvalue weighted by Gasteiger charge is 2.14. The summed E-state index contributed by atoms with van der Waals surface area (Å²) in [5.41, 5.74) is 2.40. The molecule has 0 spiro atoms. The van der Waals surface area contributed by atoms with E-state index in [1.54, 1.807) is 0 Å². The van der Waals surface area contributed by atoms with Crippen molar-refractivity contribution in [1.29, 1.82) is 0 Å². The number of nitrogens with one attached hydrogen (secondary N) is 2. The molecule has 2 heterocycles. The van der Waals surface area contributed by atoms with Gasteiger partial charge in [0.25, 0.3) is 0 Å². The SMILES string of the molecule is OCCCC(c1ccc[nH]1)c1ccc[nH]1. The summed E-state index contributed by atoms with van der Waals surface area (Å²) in [5.74, 6) is 0.335. The van der Waals surface area contributed by atoms with Crippen molar-refractivity contribution in [2.45, 2.75) is 18.8 Å². The van der Waals surface area contributed by atoms with Gasteiger partial charge in [0.15, 0.2) is 0 Å². The number of aliphatic hydroxyl groups is 1. The molecule has 0 aromatic carbocycles. The first kappa shape index (κ1) is 10.1. The lowest BCUT2D eigenvalue weighted by atomic mass is 9.96. The van der Waals surface area contributed by atoms with Crippen LogP contribution in [0.4, 0.5) is 0 Å². The van der Waals surface area contributed by atoms with Crippen molar-refractivity contribution in [2.24, 2.45) is 0 Å². The van der Waals surface area contributed by atoms with Crippen LogP contribution in [-0.4, -0.2) is 21.7 Å². The monoisotopic (exact) mass is 204 g/mol. The molecule has 0 aliphatic heterocycles. The normalized spacial score (nSPS) is 11.1. The second-order valence-corrected chi connectivity index (χ2v) is 3.67. The van der Waals surface area contributed by atoms with Gasteiger partial charge in [-0.25, -0.2) is 0 Å². The molecule has 0 saturated heterocycles. The van der Waals surface area contributed by atoms with Gasteiger partial charge >= 0.3 is 0 Å². The molecule has 0 amide bonds. The van der Waals surface area contributed by atoms with Crippen molar-refractivity contribution >= 4 is 0 Å². The summed E-state index contributed by atoms with van der Waals surface area (Å²) in [7, 11) is 0. The molecule has 0 aliphatic rings. The molecule has 0 aliphatic carbocycles. The highest BCUT2D eigenvalue weighted by molar-refractivity contribution is 5.23. The summed E-state index contributed by atoms with van der Waals surface area (Å²) in [5, 5.41) is 8.89. The molecule has 3 N–H and O–H groups in total. The van der Waals surface area contributed by atoms with Crippen LogP contribution in [0.3, 0.4) is 0 Å². The lowest BCUT2D eigenvalue weighted by molar-refractivity contribution is 0.281. The van der Waals surface area contributed by atoms with Crippen LogP contribution in [0.25, 0.3) is 0 Å². The summed E-state index contributed by atoms with van der Waals surface area (Å²) in [6.45, 7) is 0.248. The maximum Gasteiger partial charge on any atom is 0.0431 e. The lowest BCUT2D eigenvalue weighted by Gasteiger charge is -2.13. The van der Waals surface area contributed by atoms with Gasteiger partial charge in [-0.3, -0.25) is 0 Å². The largest absolute Gasteiger partial charge is 0.396 e. The fraction of sp³-hybridized carbons (Fsp3) is 0.333. The Bertz CT molecular complexity index is 330. The van der Waals surface area contributed by atoms with Crippen LogP contribution in [0, 0.1) is 0 Å². The molecule has 2 rings (SSSR count). The Hall–Kier alpha value is -1.48. The number of rotatable bonds is 5. The Morgan fingerprint density at radius 2 is 1.67 bits per heavy atom. The molecule has 0 radical (unpaired) electrons. The maximum absolute atomic E-state index is 8.89. The summed E-state index contributed by atoms with van der Waals surface area (Å²) in [6, 6.07) is 8.18. The third-order valence-electron chi connectivity index (χ3n) is 2.65. The summed E-state index contributed by atoms with van der Waals surface area (Å²) in [4.78, 5) is 6.47. The molecule has 0 bridgehead atoms. The molecule has 80 valence electrons. The van der Waals surface area contributed by atoms with E-state index in [9.17, 15) is 0 Å². The number of aliphatic hydroxyl groups excluding tert-OH is 1. The second-order valence-electron chi connectivity index (χ2n) is 3.67. The number of aromatic amines is 2. The molecule has 0 saturated carbocycles. The van der Waals surface area contributed by atoms with Gasteiger partial charge in [-0.15, -0.1) is 0 Å². The van der Waals surface area contributed by atoms with Crippen LogP contribution >= 0.6 is 0 Å². The van der Waals surface area contributed by atoms with Crippen molar-refractivity contribution < 1.29 is 5.11 Å². The Kier molecular flexibility index (Phi) is 3.25. The average Bonchev–Trinajstić information content (AvgIpc) is 2.90. The molecule has 2 aromatic heterocycles. The van der Waals surface area contributed by atoms with Crippen LogP contribution in [0.5, 0.6) is 0 Å². The van der Waals surface area contributed by atoms with Gasteiger partial charge in [-0.05, 0) is 37.1 Å². The van der Waals surface area contributed by atoms with E-state index in [2.05, 4.69) is 22.1 Å². The standard InChI is InChI=1S/C12H16N2O/c15-9-3-4-10(11-5-1-7-13-11)12-6-2-8-14-12/h1-2,5-8,10,13-15H,3-4,9H2. The van der Waals surface area contributed by atoms with Gasteiger partial charge in [0.1, 0.15) is 0 Å². The van der Waals surface area contributed by atoms with Crippen LogP contribution < -0.4 is 0 Å². The zero-order valence-electron chi connectivity index (χ0n) is 8.61. The predicted molar refractivity (Wildman–Crippen MR) is 59.7 cm³/mol. The van der Waals surface area contributed by atoms with Gasteiger partial charge in [-0.1, -0.05) is 0 Å². The van der Waals surface area contributed by atoms with Crippen LogP contribution in [0.1, 0.15) is 30.1 Å². The molecule has 3 nitrogen and oxygen atoms in total. The third-order valence-corrected chi connectivity index (χ3v) is 2.65. The van der Waals surface area contributed by atoms with E-state index in [0.29, 0.717) is 5.92 Å². The molecule has 0 fully saturated rings. The molecule has 15 heavy (non-hydrogen) atoms. The zero-order valence-corrected chi connectivity index (χ0v) is 8.61. The molecular formula is C12H16N2O. The fourth-order valence-electron chi connectivity index (χ4n) is 1.90. The average molecular weight is 204 g/mol. The van der Waals surface area contributed by atoms with Crippen LogP contribution in [0.2, 0.25) is 0 Å². The minimum absolute atomic E-state index is 0.248. The van der Waals surface area contributed by atoms with E-state index in [4.69, 9.17) is 5.11 Å². The molecule has 0 atom stereocenters. The van der Waals surface area contributed by atoms with Crippen molar-refractivity contribution in [3.8, 4) is 0 Å². The first-order chi connectivity index (χ1) is 7.42. The molecule has 2 aromatic rings. The number of aromatic nitrogens is 2. The summed E-state index contributed by atoms with van der Waals surface area (Å²) < 4.78 is 0. The van der Waals surface area contributed by atoms with Crippen molar-refractivity contribution in [2.75, 3.05) is 6.61 Å². The van der Waals surface area contributed by atoms with Crippen molar-refractivity contribution in [1.82, 2.24) is 9.97 Å². The van der Waals surface area contributed by atoms with E-state index in [1.807, 2.05) is 24.5 Å². The fourth-order valence-corrected chi connectivity index (χ4v) is 1.90. The minimum Gasteiger partial charge on any atom is -0.396 e. The van der Waals surface area contributed by atoms with Crippen LogP contribution in [0.15, 0.2) is 36.7 Å². The topological polar surface area (TPSA) is 51.8 Å². The Morgan fingerprint density at radius 1 is 1.07 bits per heavy atom. The van der Waals surface area contributed by atoms with Gasteiger partial charge in [-0.2, -0.15) is 0 Å². The van der Waals surface area contributed by atoms with Gasteiger partial charge in [0, 0.05) is 36.3 Å². The van der Waals surface area contributed by atoms with Gasteiger partial charge in [0.05, 0.1) is 0 Å². The van der Waals surface area contributed by atoms with Crippen molar-refractivity contribution in [3.63, 3.8) is 0 Å². The first-order valence-corrected chi connectivity index (χ1v) is 5.29. The van der Waals surface area contributed by atoms with E-state index >= 15 is 0 Å². The minimum atomic E-state index is 0.248. The highest BCUT2D eigenvalue weighted by atomic mass is 16.2. The first-order valence-electron chi connectivity index (χ1n) is 5.29. The Balaban J connectivity index is 2.17. The third kappa shape index (κ3) is 2.30. The Labute approximate surface area is 89.2 Å². The van der Waals surface area contributed by atoms with E-state index in [1.165, 1.54) is 11.4 Å². The Morgan fingerprint density at radius 3 is 2.07 bits per heavy atom. The summed E-state index contributed by atoms with van der Waals surface area (Å²) >= 11 is 0. The maximum atomic E-state index is 8.89. The quantitative estimate of drug-likeness (QED) is 0.687. The smallest absolute Gasteiger partial charge is 0.0431 e.